The summed E-state index contributed by atoms with van der Waals surface area (Å²) in [6.07, 6.45) is 1.26. The van der Waals surface area contributed by atoms with Crippen LogP contribution in [0.2, 0.25) is 0 Å². The highest BCUT2D eigenvalue weighted by Crippen LogP contribution is 2.53. The summed E-state index contributed by atoms with van der Waals surface area (Å²) in [4.78, 5) is 12.6. The first-order valence-corrected chi connectivity index (χ1v) is 9.53. The van der Waals surface area contributed by atoms with Crippen LogP contribution in [0.15, 0.2) is 24.4 Å². The molecule has 1 aliphatic rings. The first kappa shape index (κ1) is 22.1. The van der Waals surface area contributed by atoms with Gasteiger partial charge in [0.1, 0.15) is 11.3 Å². The molecule has 31 heavy (non-hydrogen) atoms. The standard InChI is InChI=1S/C21H24N4O6/c1-5-31-18-15-16(13-7-6-12(9-22)8-14(13)30-4)21(28,19(23)26)20(3,27)24-17(15)11(2)10-25(18)29/h6-8,10,16,24,27-28H,5H2,1-4H3,(H2,23,26). The molecule has 10 nitrogen and oxygen atoms in total. The zero-order chi connectivity index (χ0) is 23.1. The van der Waals surface area contributed by atoms with Crippen molar-refractivity contribution in [2.45, 2.75) is 38.0 Å². The summed E-state index contributed by atoms with van der Waals surface area (Å²) in [6.45, 7) is 4.65. The highest BCUT2D eigenvalue weighted by Gasteiger charge is 2.63. The number of amides is 1. The van der Waals surface area contributed by atoms with E-state index in [-0.39, 0.29) is 34.9 Å². The molecule has 2 aromatic rings. The number of nitrogens with two attached hydrogens (primary N) is 1. The average Bonchev–Trinajstić information content (AvgIpc) is 2.72. The fourth-order valence-electron chi connectivity index (χ4n) is 4.06. The van der Waals surface area contributed by atoms with Crippen LogP contribution in [0.3, 0.4) is 0 Å². The maximum absolute atomic E-state index is 12.7. The lowest BCUT2D eigenvalue weighted by Gasteiger charge is -2.49. The first-order chi connectivity index (χ1) is 14.5. The minimum atomic E-state index is -2.62. The van der Waals surface area contributed by atoms with Gasteiger partial charge in [0.05, 0.1) is 37.0 Å². The van der Waals surface area contributed by atoms with Gasteiger partial charge in [-0.15, -0.1) is 4.73 Å². The van der Waals surface area contributed by atoms with Gasteiger partial charge in [-0.1, -0.05) is 6.07 Å². The van der Waals surface area contributed by atoms with Crippen molar-refractivity contribution >= 4 is 11.6 Å². The van der Waals surface area contributed by atoms with Gasteiger partial charge in [0.25, 0.3) is 5.91 Å². The number of hydrogen-bond acceptors (Lipinski definition) is 8. The lowest BCUT2D eigenvalue weighted by Crippen LogP contribution is -2.69. The molecule has 0 radical (unpaired) electrons. The van der Waals surface area contributed by atoms with E-state index in [1.54, 1.807) is 13.8 Å². The fraction of sp³-hybridized carbons (Fsp3) is 0.381. The Hall–Kier alpha value is -3.55. The van der Waals surface area contributed by atoms with Crippen molar-refractivity contribution in [3.63, 3.8) is 0 Å². The Morgan fingerprint density at radius 2 is 2.13 bits per heavy atom. The van der Waals surface area contributed by atoms with Crippen LogP contribution < -0.4 is 25.3 Å². The summed E-state index contributed by atoms with van der Waals surface area (Å²) in [5.41, 5.74) is 2.15. The molecule has 0 fully saturated rings. The first-order valence-electron chi connectivity index (χ1n) is 9.53. The van der Waals surface area contributed by atoms with E-state index in [4.69, 9.17) is 15.2 Å². The van der Waals surface area contributed by atoms with Crippen LogP contribution in [0.4, 0.5) is 5.69 Å². The van der Waals surface area contributed by atoms with Crippen LogP contribution in [-0.4, -0.2) is 41.2 Å². The number of pyridine rings is 1. The van der Waals surface area contributed by atoms with Gasteiger partial charge < -0.3 is 35.9 Å². The molecule has 10 heteroatoms. The summed E-state index contributed by atoms with van der Waals surface area (Å²) >= 11 is 0. The van der Waals surface area contributed by atoms with Gasteiger partial charge >= 0.3 is 5.88 Å². The summed E-state index contributed by atoms with van der Waals surface area (Å²) in [6, 6.07) is 6.36. The van der Waals surface area contributed by atoms with Crippen molar-refractivity contribution in [1.82, 2.24) is 0 Å². The van der Waals surface area contributed by atoms with Gasteiger partial charge in [0.2, 0.25) is 5.60 Å². The topological polar surface area (TPSA) is 165 Å². The normalized spacial score (nSPS) is 24.5. The number of nitrogens with zero attached hydrogens (tertiary/aromatic N) is 2. The van der Waals surface area contributed by atoms with E-state index in [0.29, 0.717) is 16.0 Å². The van der Waals surface area contributed by atoms with E-state index in [2.05, 4.69) is 5.32 Å². The number of fused-ring (bicyclic) bond motifs is 1. The zero-order valence-electron chi connectivity index (χ0n) is 17.6. The zero-order valence-corrected chi connectivity index (χ0v) is 17.6. The van der Waals surface area contributed by atoms with Gasteiger partial charge in [-0.25, -0.2) is 0 Å². The summed E-state index contributed by atoms with van der Waals surface area (Å²) in [5.74, 6) is -2.59. The van der Waals surface area contributed by atoms with E-state index < -0.39 is 23.2 Å². The summed E-state index contributed by atoms with van der Waals surface area (Å²) < 4.78 is 11.5. The molecular weight excluding hydrogens is 404 g/mol. The molecule has 0 saturated carbocycles. The number of carbonyl (C=O) groups excluding carboxylic acids is 1. The molecule has 1 amide bonds. The second-order valence-electron chi connectivity index (χ2n) is 7.49. The Labute approximate surface area is 179 Å². The molecule has 0 aliphatic carbocycles. The van der Waals surface area contributed by atoms with Crippen molar-refractivity contribution in [1.29, 1.82) is 5.26 Å². The largest absolute Gasteiger partial charge is 0.616 e. The highest BCUT2D eigenvalue weighted by molar-refractivity contribution is 5.90. The molecule has 1 aromatic carbocycles. The SMILES string of the molecule is CCOc1c2c(c(C)c[n+]1[O-])NC(C)(O)C(O)(C(N)=O)C2c1ccc(C#N)cc1OC. The molecule has 5 N–H and O–H groups in total. The number of hydrogen-bond donors (Lipinski definition) is 4. The molecule has 0 spiro atoms. The third-order valence-corrected chi connectivity index (χ3v) is 5.55. The van der Waals surface area contributed by atoms with Crippen LogP contribution in [0, 0.1) is 23.5 Å². The number of aliphatic hydroxyl groups is 2. The molecule has 0 saturated heterocycles. The van der Waals surface area contributed by atoms with Gasteiger partial charge in [-0.3, -0.25) is 4.79 Å². The lowest BCUT2D eigenvalue weighted by atomic mass is 9.68. The van der Waals surface area contributed by atoms with Crippen LogP contribution in [0.1, 0.15) is 42.0 Å². The highest BCUT2D eigenvalue weighted by atomic mass is 16.5. The maximum Gasteiger partial charge on any atom is 0.385 e. The number of rotatable bonds is 5. The number of nitrogens with one attached hydrogen (secondary N) is 1. The number of aromatic nitrogens is 1. The smallest absolute Gasteiger partial charge is 0.385 e. The van der Waals surface area contributed by atoms with Crippen molar-refractivity contribution in [3.05, 3.63) is 51.9 Å². The molecule has 3 atom stereocenters. The van der Waals surface area contributed by atoms with Crippen LogP contribution in [0.5, 0.6) is 11.6 Å². The Kier molecular flexibility index (Phi) is 5.43. The molecular formula is C21H24N4O6. The second kappa shape index (κ2) is 7.61. The number of aryl methyl sites for hydroxylation is 1. The van der Waals surface area contributed by atoms with Crippen molar-refractivity contribution in [2.24, 2.45) is 5.73 Å². The van der Waals surface area contributed by atoms with E-state index in [1.807, 2.05) is 6.07 Å². The van der Waals surface area contributed by atoms with E-state index in [1.165, 1.54) is 38.4 Å². The van der Waals surface area contributed by atoms with Crippen LogP contribution in [0.25, 0.3) is 0 Å². The molecule has 0 bridgehead atoms. The molecule has 164 valence electrons. The van der Waals surface area contributed by atoms with Gasteiger partial charge in [0, 0.05) is 11.1 Å². The number of ether oxygens (including phenoxy) is 2. The van der Waals surface area contributed by atoms with Crippen molar-refractivity contribution in [3.8, 4) is 17.7 Å². The number of nitriles is 1. The molecule has 1 aromatic heterocycles. The Morgan fingerprint density at radius 3 is 2.68 bits per heavy atom. The van der Waals surface area contributed by atoms with Crippen LogP contribution >= 0.6 is 0 Å². The minimum absolute atomic E-state index is 0.125. The molecule has 3 unspecified atom stereocenters. The average molecular weight is 428 g/mol. The number of methoxy groups -OCH3 is 1. The van der Waals surface area contributed by atoms with E-state index in [0.717, 1.165) is 0 Å². The van der Waals surface area contributed by atoms with E-state index in [9.17, 15) is 25.5 Å². The Bertz CT molecular complexity index is 1090. The summed E-state index contributed by atoms with van der Waals surface area (Å²) in [5, 5.41) is 47.4. The molecule has 1 aliphatic heterocycles. The van der Waals surface area contributed by atoms with Crippen LogP contribution in [-0.2, 0) is 4.79 Å². The predicted molar refractivity (Wildman–Crippen MR) is 109 cm³/mol. The van der Waals surface area contributed by atoms with Crippen molar-refractivity contribution in [2.75, 3.05) is 19.0 Å². The third-order valence-electron chi connectivity index (χ3n) is 5.55. The Balaban J connectivity index is 2.50. The number of carbonyl (C=O) groups is 1. The molecule has 3 rings (SSSR count). The van der Waals surface area contributed by atoms with Gasteiger partial charge in [-0.05, 0) is 32.9 Å². The minimum Gasteiger partial charge on any atom is -0.616 e. The number of primary amides is 1. The fourth-order valence-corrected chi connectivity index (χ4v) is 4.06. The Morgan fingerprint density at radius 1 is 1.45 bits per heavy atom. The monoisotopic (exact) mass is 428 g/mol. The third kappa shape index (κ3) is 3.19. The predicted octanol–water partition coefficient (Wildman–Crippen LogP) is 0.390. The van der Waals surface area contributed by atoms with Crippen molar-refractivity contribution < 1.29 is 29.2 Å². The van der Waals surface area contributed by atoms with Gasteiger partial charge in [-0.2, -0.15) is 5.26 Å². The lowest BCUT2D eigenvalue weighted by molar-refractivity contribution is -0.613. The number of anilines is 1. The second-order valence-corrected chi connectivity index (χ2v) is 7.49. The molecule has 2 heterocycles. The van der Waals surface area contributed by atoms with Gasteiger partial charge in [0.15, 0.2) is 11.9 Å². The quantitative estimate of drug-likeness (QED) is 0.392. The summed E-state index contributed by atoms with van der Waals surface area (Å²) in [7, 11) is 1.36. The van der Waals surface area contributed by atoms with E-state index >= 15 is 0 Å². The number of benzene rings is 1. The maximum atomic E-state index is 12.7.